The number of ether oxygens (including phenoxy) is 1. The molecule has 4 nitrogen and oxygen atoms in total. The summed E-state index contributed by atoms with van der Waals surface area (Å²) in [5.74, 6) is -0.0436. The van der Waals surface area contributed by atoms with Crippen LogP contribution in [0.3, 0.4) is 0 Å². The summed E-state index contributed by atoms with van der Waals surface area (Å²) in [5, 5.41) is 0. The third-order valence-electron chi connectivity index (χ3n) is 3.77. The molecule has 1 amide bonds. The molecule has 0 radical (unpaired) electrons. The number of benzene rings is 1. The minimum atomic E-state index is -0.102. The van der Waals surface area contributed by atoms with Crippen LogP contribution in [0.25, 0.3) is 0 Å². The predicted octanol–water partition coefficient (Wildman–Crippen LogP) is 3.35. The Balaban J connectivity index is 1.84. The zero-order valence-corrected chi connectivity index (χ0v) is 13.2. The fourth-order valence-electron chi connectivity index (χ4n) is 2.73. The van der Waals surface area contributed by atoms with Gasteiger partial charge in [-0.2, -0.15) is 0 Å². The van der Waals surface area contributed by atoms with Gasteiger partial charge < -0.3 is 14.6 Å². The summed E-state index contributed by atoms with van der Waals surface area (Å²) >= 11 is 5.22. The van der Waals surface area contributed by atoms with Crippen LogP contribution in [-0.4, -0.2) is 35.0 Å². The zero-order valence-electron chi connectivity index (χ0n) is 12.4. The van der Waals surface area contributed by atoms with E-state index < -0.39 is 0 Å². The molecule has 3 rings (SSSR count). The van der Waals surface area contributed by atoms with E-state index in [0.717, 1.165) is 5.56 Å². The monoisotopic (exact) mass is 314 g/mol. The van der Waals surface area contributed by atoms with Crippen molar-refractivity contribution in [3.8, 4) is 0 Å². The van der Waals surface area contributed by atoms with Gasteiger partial charge in [-0.15, -0.1) is 0 Å². The van der Waals surface area contributed by atoms with Crippen LogP contribution in [0.1, 0.15) is 28.9 Å². The van der Waals surface area contributed by atoms with E-state index in [1.807, 2.05) is 42.2 Å². The maximum absolute atomic E-state index is 12.7. The van der Waals surface area contributed by atoms with E-state index >= 15 is 0 Å². The van der Waals surface area contributed by atoms with Gasteiger partial charge >= 0.3 is 0 Å². The lowest BCUT2D eigenvalue weighted by Crippen LogP contribution is -2.46. The van der Waals surface area contributed by atoms with E-state index in [2.05, 4.69) is 4.98 Å². The summed E-state index contributed by atoms with van der Waals surface area (Å²) in [6, 6.07) is 13.6. The normalized spacial score (nSPS) is 21.6. The molecular weight excluding hydrogens is 296 g/mol. The molecule has 22 heavy (non-hydrogen) atoms. The van der Waals surface area contributed by atoms with Crippen molar-refractivity contribution in [2.24, 2.45) is 0 Å². The molecule has 1 aromatic carbocycles. The third kappa shape index (κ3) is 3.10. The molecule has 0 saturated carbocycles. The first kappa shape index (κ1) is 14.9. The quantitative estimate of drug-likeness (QED) is 0.865. The molecule has 0 unspecified atom stereocenters. The predicted molar refractivity (Wildman–Crippen MR) is 87.3 cm³/mol. The van der Waals surface area contributed by atoms with Crippen LogP contribution in [0.15, 0.2) is 48.7 Å². The second-order valence-corrected chi connectivity index (χ2v) is 5.88. The highest BCUT2D eigenvalue weighted by molar-refractivity contribution is 7.71. The number of nitrogens with zero attached hydrogens (tertiary/aromatic N) is 1. The topological polar surface area (TPSA) is 45.3 Å². The van der Waals surface area contributed by atoms with Crippen molar-refractivity contribution in [1.82, 2.24) is 9.88 Å². The average Bonchev–Trinajstić information content (AvgIpc) is 2.55. The molecule has 2 heterocycles. The van der Waals surface area contributed by atoms with Crippen molar-refractivity contribution in [1.29, 1.82) is 0 Å². The molecule has 1 aliphatic heterocycles. The number of pyridine rings is 1. The first-order chi connectivity index (χ1) is 10.6. The number of rotatable bonds is 2. The molecule has 2 atom stereocenters. The molecule has 5 heteroatoms. The van der Waals surface area contributed by atoms with Crippen LogP contribution in [0, 0.1) is 4.64 Å². The smallest absolute Gasteiger partial charge is 0.257 e. The number of carbonyl (C=O) groups is 1. The van der Waals surface area contributed by atoms with Crippen LogP contribution >= 0.6 is 12.2 Å². The maximum atomic E-state index is 12.7. The molecule has 1 N–H and O–H groups in total. The van der Waals surface area contributed by atoms with Gasteiger partial charge in [0.1, 0.15) is 10.7 Å². The maximum Gasteiger partial charge on any atom is 0.257 e. The number of nitrogens with one attached hydrogen (secondary N) is 1. The van der Waals surface area contributed by atoms with Crippen LogP contribution in [-0.2, 0) is 4.74 Å². The van der Waals surface area contributed by atoms with Crippen molar-refractivity contribution in [2.75, 3.05) is 13.1 Å². The Morgan fingerprint density at radius 1 is 1.23 bits per heavy atom. The van der Waals surface area contributed by atoms with E-state index in [1.54, 1.807) is 18.3 Å². The van der Waals surface area contributed by atoms with Crippen molar-refractivity contribution >= 4 is 18.1 Å². The van der Waals surface area contributed by atoms with Crippen LogP contribution in [0.2, 0.25) is 0 Å². The Morgan fingerprint density at radius 3 is 2.73 bits per heavy atom. The van der Waals surface area contributed by atoms with Crippen LogP contribution < -0.4 is 0 Å². The lowest BCUT2D eigenvalue weighted by Gasteiger charge is -2.37. The van der Waals surface area contributed by atoms with E-state index in [0.29, 0.717) is 23.3 Å². The number of H-pyrrole nitrogens is 1. The standard InChI is InChI=1S/C17H18N2O2S/c1-12-10-19(17(20)14-8-5-9-18-16(14)22)11-15(21-12)13-6-3-2-4-7-13/h2-9,12,15H,10-11H2,1H3,(H,18,22)/t12-,15+/m1/s1. The highest BCUT2D eigenvalue weighted by atomic mass is 32.1. The number of carbonyl (C=O) groups excluding carboxylic acids is 1. The van der Waals surface area contributed by atoms with Gasteiger partial charge in [0.05, 0.1) is 18.2 Å². The Kier molecular flexibility index (Phi) is 4.36. The average molecular weight is 314 g/mol. The Labute approximate surface area is 134 Å². The largest absolute Gasteiger partial charge is 0.367 e. The van der Waals surface area contributed by atoms with E-state index in [9.17, 15) is 4.79 Å². The van der Waals surface area contributed by atoms with Gasteiger partial charge in [0, 0.05) is 12.7 Å². The number of hydrogen-bond donors (Lipinski definition) is 1. The van der Waals surface area contributed by atoms with Gasteiger partial charge in [0.15, 0.2) is 0 Å². The second-order valence-electron chi connectivity index (χ2n) is 5.47. The summed E-state index contributed by atoms with van der Waals surface area (Å²) in [6.07, 6.45) is 1.62. The Bertz CT molecular complexity index is 714. The van der Waals surface area contributed by atoms with Gasteiger partial charge in [-0.1, -0.05) is 42.5 Å². The van der Waals surface area contributed by atoms with Crippen molar-refractivity contribution < 1.29 is 9.53 Å². The second kappa shape index (κ2) is 6.42. The van der Waals surface area contributed by atoms with Gasteiger partial charge in [-0.05, 0) is 24.6 Å². The molecule has 1 saturated heterocycles. The SMILES string of the molecule is C[C@@H]1CN(C(=O)c2ccc[nH]c2=S)C[C@@H](c2ccccc2)O1. The van der Waals surface area contributed by atoms with Crippen LogP contribution in [0.4, 0.5) is 0 Å². The van der Waals surface area contributed by atoms with E-state index in [-0.39, 0.29) is 18.1 Å². The van der Waals surface area contributed by atoms with Crippen molar-refractivity contribution in [3.05, 3.63) is 64.4 Å². The van der Waals surface area contributed by atoms with Crippen LogP contribution in [0.5, 0.6) is 0 Å². The zero-order chi connectivity index (χ0) is 15.5. The fourth-order valence-corrected chi connectivity index (χ4v) is 2.95. The molecule has 1 fully saturated rings. The molecule has 2 aromatic rings. The summed E-state index contributed by atoms with van der Waals surface area (Å²) in [7, 11) is 0. The fraction of sp³-hybridized carbons (Fsp3) is 0.294. The van der Waals surface area contributed by atoms with Gasteiger partial charge in [0.2, 0.25) is 0 Å². The summed E-state index contributed by atoms with van der Waals surface area (Å²) in [4.78, 5) is 17.5. The lowest BCUT2D eigenvalue weighted by atomic mass is 10.1. The minimum Gasteiger partial charge on any atom is -0.367 e. The number of aromatic amines is 1. The molecule has 1 aromatic heterocycles. The highest BCUT2D eigenvalue weighted by Crippen LogP contribution is 2.26. The van der Waals surface area contributed by atoms with E-state index in [4.69, 9.17) is 17.0 Å². The molecular formula is C17H18N2O2S. The molecule has 0 aliphatic carbocycles. The number of hydrogen-bond acceptors (Lipinski definition) is 3. The van der Waals surface area contributed by atoms with E-state index in [1.165, 1.54) is 0 Å². The van der Waals surface area contributed by atoms with Gasteiger partial charge in [0.25, 0.3) is 5.91 Å². The molecule has 114 valence electrons. The van der Waals surface area contributed by atoms with Crippen molar-refractivity contribution in [3.63, 3.8) is 0 Å². The molecule has 0 bridgehead atoms. The summed E-state index contributed by atoms with van der Waals surface area (Å²) in [6.45, 7) is 3.10. The summed E-state index contributed by atoms with van der Waals surface area (Å²) in [5.41, 5.74) is 1.63. The number of aromatic nitrogens is 1. The number of morpholine rings is 1. The summed E-state index contributed by atoms with van der Waals surface area (Å²) < 4.78 is 6.47. The van der Waals surface area contributed by atoms with Gasteiger partial charge in [-0.25, -0.2) is 0 Å². The first-order valence-corrected chi connectivity index (χ1v) is 7.73. The lowest BCUT2D eigenvalue weighted by molar-refractivity contribution is -0.0691. The minimum absolute atomic E-state index is 0.0100. The third-order valence-corrected chi connectivity index (χ3v) is 4.11. The molecule has 1 aliphatic rings. The molecule has 0 spiro atoms. The first-order valence-electron chi connectivity index (χ1n) is 7.32. The Hall–Kier alpha value is -1.98. The number of amides is 1. The van der Waals surface area contributed by atoms with Crippen molar-refractivity contribution in [2.45, 2.75) is 19.1 Å². The van der Waals surface area contributed by atoms with Gasteiger partial charge in [-0.3, -0.25) is 4.79 Å². The highest BCUT2D eigenvalue weighted by Gasteiger charge is 2.30. The Morgan fingerprint density at radius 2 is 2.00 bits per heavy atom.